The molecule has 0 unspecified atom stereocenters. The molecule has 0 nitrogen and oxygen atoms in total. The number of hydrogen-bond donors (Lipinski definition) is 0. The van der Waals surface area contributed by atoms with Gasteiger partial charge >= 0.3 is 0 Å². The summed E-state index contributed by atoms with van der Waals surface area (Å²) in [4.78, 5) is 2.70. The Morgan fingerprint density at radius 1 is 1.14 bits per heavy atom. The zero-order valence-corrected chi connectivity index (χ0v) is 9.28. The highest BCUT2D eigenvalue weighted by atomic mass is 32.1. The first-order valence-electron chi connectivity index (χ1n) is 4.34. The second kappa shape index (κ2) is 4.43. The third-order valence-corrected chi connectivity index (χ3v) is 3.89. The van der Waals surface area contributed by atoms with Crippen LogP contribution in [0.25, 0.3) is 0 Å². The predicted molar refractivity (Wildman–Crippen MR) is 64.2 cm³/mol. The summed E-state index contributed by atoms with van der Waals surface area (Å²) in [5.41, 5.74) is 2.88. The maximum atomic E-state index is 3.65. The van der Waals surface area contributed by atoms with Gasteiger partial charge in [0.15, 0.2) is 0 Å². The SMILES string of the molecule is C=C=CC(c1cccs1)c1cccs1. The zero-order chi connectivity index (χ0) is 9.80. The van der Waals surface area contributed by atoms with Crippen LogP contribution in [-0.4, -0.2) is 0 Å². The molecule has 0 aliphatic rings. The average Bonchev–Trinajstić information content (AvgIpc) is 2.87. The summed E-state index contributed by atoms with van der Waals surface area (Å²) in [7, 11) is 0. The van der Waals surface area contributed by atoms with E-state index in [9.17, 15) is 0 Å². The van der Waals surface area contributed by atoms with Crippen molar-refractivity contribution in [2.45, 2.75) is 5.92 Å². The Morgan fingerprint density at radius 2 is 1.71 bits per heavy atom. The van der Waals surface area contributed by atoms with Crippen molar-refractivity contribution in [2.75, 3.05) is 0 Å². The first-order chi connectivity index (χ1) is 6.92. The fraction of sp³-hybridized carbons (Fsp3) is 0.0833. The molecule has 0 N–H and O–H groups in total. The minimum atomic E-state index is 0.340. The van der Waals surface area contributed by atoms with E-state index >= 15 is 0 Å². The van der Waals surface area contributed by atoms with E-state index in [4.69, 9.17) is 0 Å². The van der Waals surface area contributed by atoms with E-state index in [1.807, 2.05) is 6.08 Å². The van der Waals surface area contributed by atoms with Crippen molar-refractivity contribution in [3.63, 3.8) is 0 Å². The summed E-state index contributed by atoms with van der Waals surface area (Å²) < 4.78 is 0. The van der Waals surface area contributed by atoms with Gasteiger partial charge in [0.05, 0.1) is 5.92 Å². The van der Waals surface area contributed by atoms with Gasteiger partial charge in [-0.2, -0.15) is 0 Å². The number of rotatable bonds is 3. The molecule has 0 spiro atoms. The monoisotopic (exact) mass is 218 g/mol. The Hall–Kier alpha value is -1.08. The van der Waals surface area contributed by atoms with Crippen molar-refractivity contribution in [2.24, 2.45) is 0 Å². The second-order valence-corrected chi connectivity index (χ2v) is 4.84. The first kappa shape index (κ1) is 9.47. The predicted octanol–water partition coefficient (Wildman–Crippen LogP) is 4.28. The molecule has 0 saturated carbocycles. The van der Waals surface area contributed by atoms with E-state index in [0.29, 0.717) is 5.92 Å². The van der Waals surface area contributed by atoms with E-state index in [-0.39, 0.29) is 0 Å². The van der Waals surface area contributed by atoms with Crippen LogP contribution in [-0.2, 0) is 0 Å². The highest BCUT2D eigenvalue weighted by Gasteiger charge is 2.12. The fourth-order valence-corrected chi connectivity index (χ4v) is 3.06. The van der Waals surface area contributed by atoms with Gasteiger partial charge in [-0.15, -0.1) is 28.4 Å². The minimum Gasteiger partial charge on any atom is -0.148 e. The summed E-state index contributed by atoms with van der Waals surface area (Å²) in [5.74, 6) is 0.340. The van der Waals surface area contributed by atoms with Crippen molar-refractivity contribution in [3.8, 4) is 0 Å². The normalized spacial score (nSPS) is 10.1. The fourth-order valence-electron chi connectivity index (χ4n) is 1.36. The van der Waals surface area contributed by atoms with Gasteiger partial charge < -0.3 is 0 Å². The molecule has 0 bridgehead atoms. The van der Waals surface area contributed by atoms with Crippen molar-refractivity contribution in [1.29, 1.82) is 0 Å². The maximum absolute atomic E-state index is 3.65. The molecular weight excluding hydrogens is 208 g/mol. The van der Waals surface area contributed by atoms with Crippen LogP contribution >= 0.6 is 22.7 Å². The molecule has 2 rings (SSSR count). The quantitative estimate of drug-likeness (QED) is 0.674. The lowest BCUT2D eigenvalue weighted by molar-refractivity contribution is 1.10. The summed E-state index contributed by atoms with van der Waals surface area (Å²) in [5, 5.41) is 4.21. The average molecular weight is 218 g/mol. The van der Waals surface area contributed by atoms with Gasteiger partial charge in [-0.25, -0.2) is 0 Å². The lowest BCUT2D eigenvalue weighted by atomic mass is 10.1. The summed E-state index contributed by atoms with van der Waals surface area (Å²) in [6.07, 6.45) is 2.03. The summed E-state index contributed by atoms with van der Waals surface area (Å²) in [6.45, 7) is 3.65. The van der Waals surface area contributed by atoms with E-state index < -0.39 is 0 Å². The molecule has 2 heterocycles. The van der Waals surface area contributed by atoms with Crippen LogP contribution in [0.3, 0.4) is 0 Å². The van der Waals surface area contributed by atoms with E-state index in [1.165, 1.54) is 9.75 Å². The second-order valence-electron chi connectivity index (χ2n) is 2.88. The molecule has 70 valence electrons. The highest BCUT2D eigenvalue weighted by Crippen LogP contribution is 2.31. The Kier molecular flexibility index (Phi) is 3.00. The van der Waals surface area contributed by atoms with Crippen LogP contribution in [0.15, 0.2) is 53.4 Å². The van der Waals surface area contributed by atoms with Gasteiger partial charge in [-0.1, -0.05) is 18.7 Å². The van der Waals surface area contributed by atoms with E-state index in [2.05, 4.69) is 47.3 Å². The van der Waals surface area contributed by atoms with Crippen molar-refractivity contribution >= 4 is 22.7 Å². The Bertz CT molecular complexity index is 383. The van der Waals surface area contributed by atoms with Crippen molar-refractivity contribution in [1.82, 2.24) is 0 Å². The molecule has 2 heteroatoms. The van der Waals surface area contributed by atoms with Gasteiger partial charge in [-0.3, -0.25) is 0 Å². The molecule has 0 aliphatic heterocycles. The number of allylic oxidation sites excluding steroid dienone is 1. The molecule has 0 aromatic carbocycles. The van der Waals surface area contributed by atoms with Crippen LogP contribution < -0.4 is 0 Å². The van der Waals surface area contributed by atoms with Gasteiger partial charge in [0.25, 0.3) is 0 Å². The van der Waals surface area contributed by atoms with Gasteiger partial charge in [0, 0.05) is 9.75 Å². The third kappa shape index (κ3) is 1.88. The lowest BCUT2D eigenvalue weighted by Gasteiger charge is -2.06. The molecule has 14 heavy (non-hydrogen) atoms. The molecule has 0 fully saturated rings. The van der Waals surface area contributed by atoms with Crippen LogP contribution in [0.2, 0.25) is 0 Å². The molecule has 0 saturated heterocycles. The Labute approximate surface area is 91.8 Å². The standard InChI is InChI=1S/C12H10S2/c1-2-5-10(11-6-3-8-13-11)12-7-4-9-14-12/h3-10H,1H2. The van der Waals surface area contributed by atoms with Crippen LogP contribution in [0.4, 0.5) is 0 Å². The molecule has 0 atom stereocenters. The largest absolute Gasteiger partial charge is 0.148 e. The molecule has 2 aromatic rings. The topological polar surface area (TPSA) is 0 Å². The van der Waals surface area contributed by atoms with Crippen molar-refractivity contribution < 1.29 is 0 Å². The first-order valence-corrected chi connectivity index (χ1v) is 6.10. The Morgan fingerprint density at radius 3 is 2.07 bits per heavy atom. The smallest absolute Gasteiger partial charge is 0.0532 e. The van der Waals surface area contributed by atoms with Crippen LogP contribution in [0, 0.1) is 0 Å². The minimum absolute atomic E-state index is 0.340. The number of hydrogen-bond acceptors (Lipinski definition) is 2. The van der Waals surface area contributed by atoms with E-state index in [0.717, 1.165) is 0 Å². The van der Waals surface area contributed by atoms with Crippen molar-refractivity contribution in [3.05, 3.63) is 63.2 Å². The lowest BCUT2D eigenvalue weighted by Crippen LogP contribution is -1.90. The van der Waals surface area contributed by atoms with Gasteiger partial charge in [0.1, 0.15) is 0 Å². The molecule has 0 radical (unpaired) electrons. The third-order valence-electron chi connectivity index (χ3n) is 1.98. The molecule has 0 aliphatic carbocycles. The van der Waals surface area contributed by atoms with Crippen LogP contribution in [0.5, 0.6) is 0 Å². The maximum Gasteiger partial charge on any atom is 0.0532 e. The van der Waals surface area contributed by atoms with Crippen LogP contribution in [0.1, 0.15) is 15.7 Å². The Balaban J connectivity index is 2.39. The molecule has 0 amide bonds. The zero-order valence-electron chi connectivity index (χ0n) is 7.64. The van der Waals surface area contributed by atoms with Gasteiger partial charge in [-0.05, 0) is 29.0 Å². The van der Waals surface area contributed by atoms with Gasteiger partial charge in [0.2, 0.25) is 0 Å². The summed E-state index contributed by atoms with van der Waals surface area (Å²) >= 11 is 3.55. The number of thiophene rings is 2. The molecular formula is C12H10S2. The van der Waals surface area contributed by atoms with E-state index in [1.54, 1.807) is 22.7 Å². The molecule has 2 aromatic heterocycles. The summed E-state index contributed by atoms with van der Waals surface area (Å²) in [6, 6.07) is 8.47. The highest BCUT2D eigenvalue weighted by molar-refractivity contribution is 7.11.